The molecule has 4 heterocycles. The van der Waals surface area contributed by atoms with Crippen molar-refractivity contribution >= 4 is 28.6 Å². The van der Waals surface area contributed by atoms with Crippen LogP contribution in [0.4, 0.5) is 0 Å². The van der Waals surface area contributed by atoms with Crippen LogP contribution in [0.15, 0.2) is 77.5 Å². The molecule has 0 saturated carbocycles. The molecule has 4 aromatic rings. The Morgan fingerprint density at radius 2 is 1.54 bits per heavy atom. The number of carbonyl (C=O) groups excluding carboxylic acids is 3. The van der Waals surface area contributed by atoms with Crippen molar-refractivity contribution in [1.29, 1.82) is 0 Å². The predicted octanol–water partition coefficient (Wildman–Crippen LogP) is 3.67. The molecule has 0 spiro atoms. The molecule has 2 atom stereocenters. The summed E-state index contributed by atoms with van der Waals surface area (Å²) in [6.45, 7) is 1.69. The molecule has 37 heavy (non-hydrogen) atoms. The van der Waals surface area contributed by atoms with E-state index in [-0.39, 0.29) is 17.7 Å². The highest BCUT2D eigenvalue weighted by Gasteiger charge is 2.45. The van der Waals surface area contributed by atoms with Crippen molar-refractivity contribution in [3.8, 4) is 0 Å². The maximum absolute atomic E-state index is 14.3. The molecule has 2 unspecified atom stereocenters. The first-order chi connectivity index (χ1) is 18.0. The number of carbonyl (C=O) groups is 3. The highest BCUT2D eigenvalue weighted by atomic mass is 16.3. The summed E-state index contributed by atoms with van der Waals surface area (Å²) in [4.78, 5) is 45.7. The molecule has 188 valence electrons. The van der Waals surface area contributed by atoms with Gasteiger partial charge in [-0.15, -0.1) is 0 Å². The summed E-state index contributed by atoms with van der Waals surface area (Å²) in [5, 5.41) is 1.03. The lowest BCUT2D eigenvalue weighted by atomic mass is 9.79. The van der Waals surface area contributed by atoms with Gasteiger partial charge < -0.3 is 23.7 Å². The Kier molecular flexibility index (Phi) is 5.59. The third-order valence-electron chi connectivity index (χ3n) is 7.70. The van der Waals surface area contributed by atoms with E-state index < -0.39 is 12.0 Å². The van der Waals surface area contributed by atoms with Gasteiger partial charge in [-0.05, 0) is 29.8 Å². The molecule has 0 radical (unpaired) electrons. The Bertz CT molecular complexity index is 1500. The van der Waals surface area contributed by atoms with E-state index in [4.69, 9.17) is 4.42 Å². The minimum atomic E-state index is -0.558. The Labute approximate surface area is 214 Å². The molecule has 0 aliphatic carbocycles. The van der Waals surface area contributed by atoms with E-state index in [1.165, 1.54) is 6.26 Å². The number of nitrogens with zero attached hydrogens (tertiary/aromatic N) is 4. The van der Waals surface area contributed by atoms with Crippen LogP contribution >= 0.6 is 0 Å². The first-order valence-electron chi connectivity index (χ1n) is 12.5. The van der Waals surface area contributed by atoms with Crippen LogP contribution in [-0.2, 0) is 11.8 Å². The zero-order valence-corrected chi connectivity index (χ0v) is 20.8. The van der Waals surface area contributed by atoms with Crippen LogP contribution in [0.5, 0.6) is 0 Å². The lowest BCUT2D eigenvalue weighted by Crippen LogP contribution is -2.54. The number of aromatic nitrogens is 1. The molecule has 0 bridgehead atoms. The van der Waals surface area contributed by atoms with Crippen LogP contribution in [0.1, 0.15) is 44.0 Å². The molecular formula is C29H28N4O4. The molecule has 2 aromatic carbocycles. The highest BCUT2D eigenvalue weighted by Crippen LogP contribution is 2.45. The minimum absolute atomic E-state index is 0.0326. The molecule has 2 aromatic heterocycles. The monoisotopic (exact) mass is 496 g/mol. The largest absolute Gasteiger partial charge is 0.459 e. The van der Waals surface area contributed by atoms with Crippen molar-refractivity contribution in [2.24, 2.45) is 7.05 Å². The van der Waals surface area contributed by atoms with E-state index in [1.807, 2.05) is 65.2 Å². The summed E-state index contributed by atoms with van der Waals surface area (Å²) in [5.41, 5.74) is 3.32. The highest BCUT2D eigenvalue weighted by molar-refractivity contribution is 6.02. The van der Waals surface area contributed by atoms with Gasteiger partial charge in [0.1, 0.15) is 0 Å². The lowest BCUT2D eigenvalue weighted by Gasteiger charge is -2.43. The Hall–Kier alpha value is -4.33. The molecule has 1 fully saturated rings. The maximum Gasteiger partial charge on any atom is 0.289 e. The third kappa shape index (κ3) is 3.71. The fourth-order valence-corrected chi connectivity index (χ4v) is 5.82. The molecule has 3 amide bonds. The average Bonchev–Trinajstić information content (AvgIpc) is 3.59. The van der Waals surface area contributed by atoms with Gasteiger partial charge in [-0.1, -0.05) is 36.4 Å². The van der Waals surface area contributed by atoms with Crippen LogP contribution in [0, 0.1) is 0 Å². The normalized spacial score (nSPS) is 19.8. The fourth-order valence-electron chi connectivity index (χ4n) is 5.82. The molecule has 8 nitrogen and oxygen atoms in total. The second kappa shape index (κ2) is 8.96. The summed E-state index contributed by atoms with van der Waals surface area (Å²) in [6, 6.07) is 18.4. The topological polar surface area (TPSA) is 79.0 Å². The molecule has 2 aliphatic rings. The van der Waals surface area contributed by atoms with Gasteiger partial charge >= 0.3 is 0 Å². The second-order valence-corrected chi connectivity index (χ2v) is 9.73. The average molecular weight is 497 g/mol. The first-order valence-corrected chi connectivity index (χ1v) is 12.5. The van der Waals surface area contributed by atoms with Crippen molar-refractivity contribution in [2.75, 3.05) is 33.2 Å². The number of piperazine rings is 1. The molecule has 8 heteroatoms. The van der Waals surface area contributed by atoms with Gasteiger partial charge in [0.05, 0.1) is 18.2 Å². The lowest BCUT2D eigenvalue weighted by molar-refractivity contribution is -0.136. The van der Waals surface area contributed by atoms with Crippen LogP contribution in [0.3, 0.4) is 0 Å². The number of fused-ring (bicyclic) bond motifs is 2. The van der Waals surface area contributed by atoms with Crippen LogP contribution in [-0.4, -0.2) is 70.2 Å². The molecule has 6 rings (SSSR count). The van der Waals surface area contributed by atoms with Crippen molar-refractivity contribution in [2.45, 2.75) is 12.0 Å². The number of rotatable bonds is 3. The Balaban J connectivity index is 1.36. The van der Waals surface area contributed by atoms with Gasteiger partial charge in [-0.2, -0.15) is 0 Å². The van der Waals surface area contributed by atoms with Crippen LogP contribution in [0.2, 0.25) is 0 Å². The maximum atomic E-state index is 14.3. The van der Waals surface area contributed by atoms with E-state index in [0.29, 0.717) is 37.5 Å². The second-order valence-electron chi connectivity index (χ2n) is 9.73. The van der Waals surface area contributed by atoms with Gasteiger partial charge in [0.2, 0.25) is 5.91 Å². The number of likely N-dealkylation sites (N-methyl/N-ethyl adjacent to an activating group) is 1. The van der Waals surface area contributed by atoms with Crippen LogP contribution < -0.4 is 0 Å². The number of hydrogen-bond acceptors (Lipinski definition) is 4. The van der Waals surface area contributed by atoms with E-state index in [2.05, 4.69) is 0 Å². The summed E-state index contributed by atoms with van der Waals surface area (Å²) in [5.74, 6) is -0.547. The number of para-hydroxylation sites is 1. The molecular weight excluding hydrogens is 468 g/mol. The van der Waals surface area contributed by atoms with Gasteiger partial charge in [-0.3, -0.25) is 14.4 Å². The quantitative estimate of drug-likeness (QED) is 0.434. The standard InChI is InChI=1S/C29H28N4O4/c1-30-18-22(19-8-5-6-11-23(19)30)26-25(20-9-3-4-10-21(20)27(34)31(26)2)29(36)33-15-13-32(14-16-33)28(35)24-12-7-17-37-24/h3-12,17-18,25-26H,13-16H2,1-2H3. The van der Waals surface area contributed by atoms with Gasteiger partial charge in [0.25, 0.3) is 11.8 Å². The Morgan fingerprint density at radius 3 is 2.30 bits per heavy atom. The molecule has 0 N–H and O–H groups in total. The predicted molar refractivity (Wildman–Crippen MR) is 138 cm³/mol. The summed E-state index contributed by atoms with van der Waals surface area (Å²) >= 11 is 0. The van der Waals surface area contributed by atoms with Gasteiger partial charge in [-0.25, -0.2) is 0 Å². The third-order valence-corrected chi connectivity index (χ3v) is 7.70. The van der Waals surface area contributed by atoms with E-state index in [0.717, 1.165) is 22.0 Å². The number of benzene rings is 2. The van der Waals surface area contributed by atoms with Crippen molar-refractivity contribution < 1.29 is 18.8 Å². The zero-order chi connectivity index (χ0) is 25.7. The van der Waals surface area contributed by atoms with Gasteiger partial charge in [0.15, 0.2) is 5.76 Å². The summed E-state index contributed by atoms with van der Waals surface area (Å²) in [7, 11) is 3.77. The van der Waals surface area contributed by atoms with Crippen molar-refractivity contribution in [3.63, 3.8) is 0 Å². The molecule has 1 saturated heterocycles. The number of aryl methyl sites for hydroxylation is 1. The Morgan fingerprint density at radius 1 is 0.838 bits per heavy atom. The SMILES string of the molecule is CN1C(=O)c2ccccc2C(C(=O)N2CCN(C(=O)c3ccco3)CC2)C1c1cn(C)c2ccccc12. The number of furan rings is 1. The zero-order valence-electron chi connectivity index (χ0n) is 20.8. The minimum Gasteiger partial charge on any atom is -0.459 e. The smallest absolute Gasteiger partial charge is 0.289 e. The first kappa shape index (κ1) is 23.1. The van der Waals surface area contributed by atoms with Crippen LogP contribution in [0.25, 0.3) is 10.9 Å². The molecule has 2 aliphatic heterocycles. The number of amides is 3. The van der Waals surface area contributed by atoms with E-state index in [1.54, 1.807) is 35.0 Å². The van der Waals surface area contributed by atoms with E-state index in [9.17, 15) is 14.4 Å². The number of hydrogen-bond donors (Lipinski definition) is 0. The fraction of sp³-hybridized carbons (Fsp3) is 0.276. The summed E-state index contributed by atoms with van der Waals surface area (Å²) < 4.78 is 7.31. The summed E-state index contributed by atoms with van der Waals surface area (Å²) in [6.07, 6.45) is 3.52. The van der Waals surface area contributed by atoms with Gasteiger partial charge in [0, 0.05) is 68.5 Å². The van der Waals surface area contributed by atoms with Crippen molar-refractivity contribution in [1.82, 2.24) is 19.3 Å². The van der Waals surface area contributed by atoms with E-state index >= 15 is 0 Å². The van der Waals surface area contributed by atoms with Crippen molar-refractivity contribution in [3.05, 3.63) is 95.6 Å².